The minimum atomic E-state index is 0.627. The molecule has 0 aliphatic rings. The first-order valence-electron chi connectivity index (χ1n) is 5.84. The molecule has 0 spiro atoms. The SMILES string of the molecule is CCCOc1cncc(-c2ccc(Cl)cc2N)c1. The molecule has 18 heavy (non-hydrogen) atoms. The summed E-state index contributed by atoms with van der Waals surface area (Å²) in [6.45, 7) is 2.75. The van der Waals surface area contributed by atoms with Gasteiger partial charge in [0.2, 0.25) is 0 Å². The number of halogens is 1. The summed E-state index contributed by atoms with van der Waals surface area (Å²) in [7, 11) is 0. The van der Waals surface area contributed by atoms with Crippen molar-refractivity contribution < 1.29 is 4.74 Å². The monoisotopic (exact) mass is 262 g/mol. The molecule has 2 rings (SSSR count). The van der Waals surface area contributed by atoms with Gasteiger partial charge in [0.1, 0.15) is 5.75 Å². The van der Waals surface area contributed by atoms with E-state index in [0.717, 1.165) is 23.3 Å². The molecule has 0 amide bonds. The molecular formula is C14H15ClN2O. The van der Waals surface area contributed by atoms with Crippen molar-refractivity contribution in [1.29, 1.82) is 0 Å². The van der Waals surface area contributed by atoms with Crippen LogP contribution in [0.3, 0.4) is 0 Å². The Morgan fingerprint density at radius 2 is 2.11 bits per heavy atom. The fourth-order valence-corrected chi connectivity index (χ4v) is 1.84. The van der Waals surface area contributed by atoms with Crippen molar-refractivity contribution >= 4 is 17.3 Å². The number of rotatable bonds is 4. The highest BCUT2D eigenvalue weighted by molar-refractivity contribution is 6.31. The van der Waals surface area contributed by atoms with Gasteiger partial charge in [0.25, 0.3) is 0 Å². The van der Waals surface area contributed by atoms with Gasteiger partial charge in [-0.3, -0.25) is 4.98 Å². The minimum Gasteiger partial charge on any atom is -0.492 e. The van der Waals surface area contributed by atoms with E-state index in [1.807, 2.05) is 18.2 Å². The van der Waals surface area contributed by atoms with E-state index in [0.29, 0.717) is 17.3 Å². The average molecular weight is 263 g/mol. The van der Waals surface area contributed by atoms with E-state index in [2.05, 4.69) is 11.9 Å². The zero-order valence-corrected chi connectivity index (χ0v) is 10.9. The third kappa shape index (κ3) is 2.93. The van der Waals surface area contributed by atoms with Crippen molar-refractivity contribution in [2.24, 2.45) is 0 Å². The summed E-state index contributed by atoms with van der Waals surface area (Å²) < 4.78 is 5.55. The first-order chi connectivity index (χ1) is 8.70. The van der Waals surface area contributed by atoms with Gasteiger partial charge in [-0.2, -0.15) is 0 Å². The molecule has 1 heterocycles. The minimum absolute atomic E-state index is 0.627. The average Bonchev–Trinajstić information content (AvgIpc) is 2.36. The van der Waals surface area contributed by atoms with Gasteiger partial charge in [0.05, 0.1) is 12.8 Å². The maximum Gasteiger partial charge on any atom is 0.138 e. The first kappa shape index (κ1) is 12.7. The van der Waals surface area contributed by atoms with Crippen LogP contribution in [0.2, 0.25) is 5.02 Å². The quantitative estimate of drug-likeness (QED) is 0.853. The van der Waals surface area contributed by atoms with Crippen molar-refractivity contribution in [1.82, 2.24) is 4.98 Å². The van der Waals surface area contributed by atoms with E-state index in [-0.39, 0.29) is 0 Å². The number of hydrogen-bond donors (Lipinski definition) is 1. The number of nitrogens with zero attached hydrogens (tertiary/aromatic N) is 1. The molecule has 3 nitrogen and oxygen atoms in total. The number of aromatic nitrogens is 1. The number of benzene rings is 1. The van der Waals surface area contributed by atoms with E-state index in [1.165, 1.54) is 0 Å². The van der Waals surface area contributed by atoms with Gasteiger partial charge in [-0.1, -0.05) is 24.6 Å². The lowest BCUT2D eigenvalue weighted by Crippen LogP contribution is -1.96. The molecule has 0 aliphatic heterocycles. The summed E-state index contributed by atoms with van der Waals surface area (Å²) in [6, 6.07) is 7.36. The van der Waals surface area contributed by atoms with Crippen LogP contribution in [0, 0.1) is 0 Å². The molecule has 0 bridgehead atoms. The lowest BCUT2D eigenvalue weighted by atomic mass is 10.1. The van der Waals surface area contributed by atoms with Gasteiger partial charge in [0.15, 0.2) is 0 Å². The maximum absolute atomic E-state index is 5.95. The van der Waals surface area contributed by atoms with Crippen LogP contribution >= 0.6 is 11.6 Å². The fraction of sp³-hybridized carbons (Fsp3) is 0.214. The first-order valence-corrected chi connectivity index (χ1v) is 6.21. The van der Waals surface area contributed by atoms with E-state index in [9.17, 15) is 0 Å². The zero-order chi connectivity index (χ0) is 13.0. The molecule has 4 heteroatoms. The Bertz CT molecular complexity index is 543. The smallest absolute Gasteiger partial charge is 0.138 e. The molecule has 0 fully saturated rings. The van der Waals surface area contributed by atoms with Crippen LogP contribution in [0.4, 0.5) is 5.69 Å². The standard InChI is InChI=1S/C14H15ClN2O/c1-2-5-18-12-6-10(8-17-9-12)13-4-3-11(15)7-14(13)16/h3-4,6-9H,2,5,16H2,1H3. The topological polar surface area (TPSA) is 48.1 Å². The Balaban J connectivity index is 2.32. The zero-order valence-electron chi connectivity index (χ0n) is 10.2. The van der Waals surface area contributed by atoms with Crippen molar-refractivity contribution in [2.75, 3.05) is 12.3 Å². The van der Waals surface area contributed by atoms with Crippen molar-refractivity contribution in [2.45, 2.75) is 13.3 Å². The third-order valence-electron chi connectivity index (χ3n) is 2.51. The summed E-state index contributed by atoms with van der Waals surface area (Å²) in [5.41, 5.74) is 8.43. The van der Waals surface area contributed by atoms with E-state index in [4.69, 9.17) is 22.1 Å². The lowest BCUT2D eigenvalue weighted by molar-refractivity contribution is 0.316. The summed E-state index contributed by atoms with van der Waals surface area (Å²) in [5, 5.41) is 0.627. The van der Waals surface area contributed by atoms with E-state index in [1.54, 1.807) is 18.5 Å². The predicted octanol–water partition coefficient (Wildman–Crippen LogP) is 3.77. The highest BCUT2D eigenvalue weighted by Gasteiger charge is 2.05. The van der Waals surface area contributed by atoms with Crippen molar-refractivity contribution in [3.63, 3.8) is 0 Å². The molecule has 0 aliphatic carbocycles. The Morgan fingerprint density at radius 1 is 1.28 bits per heavy atom. The van der Waals surface area contributed by atoms with E-state index < -0.39 is 0 Å². The number of ether oxygens (including phenoxy) is 1. The number of anilines is 1. The van der Waals surface area contributed by atoms with Gasteiger partial charge in [-0.05, 0) is 24.6 Å². The maximum atomic E-state index is 5.95. The Kier molecular flexibility index (Phi) is 4.05. The predicted molar refractivity (Wildman–Crippen MR) is 74.9 cm³/mol. The molecule has 2 aromatic rings. The molecular weight excluding hydrogens is 248 g/mol. The third-order valence-corrected chi connectivity index (χ3v) is 2.75. The van der Waals surface area contributed by atoms with Gasteiger partial charge >= 0.3 is 0 Å². The fourth-order valence-electron chi connectivity index (χ4n) is 1.66. The molecule has 0 atom stereocenters. The van der Waals surface area contributed by atoms with Crippen LogP contribution in [-0.4, -0.2) is 11.6 Å². The van der Waals surface area contributed by atoms with Crippen LogP contribution in [0.15, 0.2) is 36.7 Å². The van der Waals surface area contributed by atoms with Gasteiger partial charge < -0.3 is 10.5 Å². The summed E-state index contributed by atoms with van der Waals surface area (Å²) in [4.78, 5) is 4.16. The molecule has 0 saturated carbocycles. The summed E-state index contributed by atoms with van der Waals surface area (Å²) in [6.07, 6.45) is 4.43. The van der Waals surface area contributed by atoms with Crippen LogP contribution in [0.1, 0.15) is 13.3 Å². The van der Waals surface area contributed by atoms with E-state index >= 15 is 0 Å². The molecule has 1 aromatic carbocycles. The van der Waals surface area contributed by atoms with Gasteiger partial charge in [0, 0.05) is 28.0 Å². The largest absolute Gasteiger partial charge is 0.492 e. The van der Waals surface area contributed by atoms with Crippen LogP contribution in [-0.2, 0) is 0 Å². The molecule has 94 valence electrons. The molecule has 2 N–H and O–H groups in total. The second-order valence-electron chi connectivity index (χ2n) is 3.99. The Labute approximate surface area is 112 Å². The van der Waals surface area contributed by atoms with Gasteiger partial charge in [-0.15, -0.1) is 0 Å². The molecule has 0 unspecified atom stereocenters. The lowest BCUT2D eigenvalue weighted by Gasteiger charge is -2.08. The molecule has 0 radical (unpaired) electrons. The number of hydrogen-bond acceptors (Lipinski definition) is 3. The highest BCUT2D eigenvalue weighted by atomic mass is 35.5. The summed E-state index contributed by atoms with van der Waals surface area (Å²) >= 11 is 5.88. The Morgan fingerprint density at radius 3 is 2.83 bits per heavy atom. The van der Waals surface area contributed by atoms with Crippen molar-refractivity contribution in [3.8, 4) is 16.9 Å². The second-order valence-corrected chi connectivity index (χ2v) is 4.43. The highest BCUT2D eigenvalue weighted by Crippen LogP contribution is 2.29. The van der Waals surface area contributed by atoms with Crippen LogP contribution < -0.4 is 10.5 Å². The molecule has 1 aromatic heterocycles. The Hall–Kier alpha value is -1.74. The van der Waals surface area contributed by atoms with Gasteiger partial charge in [-0.25, -0.2) is 0 Å². The van der Waals surface area contributed by atoms with Crippen LogP contribution in [0.5, 0.6) is 5.75 Å². The second kappa shape index (κ2) is 5.74. The number of pyridine rings is 1. The van der Waals surface area contributed by atoms with Crippen LogP contribution in [0.25, 0.3) is 11.1 Å². The molecule has 0 saturated heterocycles. The number of nitrogen functional groups attached to an aromatic ring is 1. The normalized spacial score (nSPS) is 10.3. The van der Waals surface area contributed by atoms with Crippen molar-refractivity contribution in [3.05, 3.63) is 41.7 Å². The number of nitrogens with two attached hydrogens (primary N) is 1. The summed E-state index contributed by atoms with van der Waals surface area (Å²) in [5.74, 6) is 0.753.